The second-order valence-corrected chi connectivity index (χ2v) is 8.55. The molecule has 0 aliphatic heterocycles. The van der Waals surface area contributed by atoms with Gasteiger partial charge in [0.15, 0.2) is 0 Å². The van der Waals surface area contributed by atoms with Crippen LogP contribution in [0.2, 0.25) is 0 Å². The first-order valence-electron chi connectivity index (χ1n) is 10.8. The number of aryl methyl sites for hydroxylation is 1. The summed E-state index contributed by atoms with van der Waals surface area (Å²) >= 11 is 0. The summed E-state index contributed by atoms with van der Waals surface area (Å²) in [4.78, 5) is 29.1. The van der Waals surface area contributed by atoms with E-state index >= 15 is 0 Å². The molecule has 0 atom stereocenters. The van der Waals surface area contributed by atoms with Crippen molar-refractivity contribution in [3.8, 4) is 0 Å². The maximum atomic E-state index is 12.8. The molecule has 0 spiro atoms. The number of imidazole rings is 1. The highest BCUT2D eigenvalue weighted by molar-refractivity contribution is 5.93. The SMILES string of the molecule is CC[C@]1(CCc2n[nH]c(=O)c3ccccc23)C[C@H](NC(=O)c2cnc3ccccn23)C1. The van der Waals surface area contributed by atoms with Gasteiger partial charge in [-0.05, 0) is 49.3 Å². The summed E-state index contributed by atoms with van der Waals surface area (Å²) in [6.07, 6.45) is 8.23. The van der Waals surface area contributed by atoms with Crippen molar-refractivity contribution in [1.29, 1.82) is 0 Å². The number of pyridine rings is 1. The topological polar surface area (TPSA) is 92.1 Å². The highest BCUT2D eigenvalue weighted by atomic mass is 16.2. The van der Waals surface area contributed by atoms with E-state index in [0.717, 1.165) is 48.8 Å². The van der Waals surface area contributed by atoms with Gasteiger partial charge in [0.1, 0.15) is 11.3 Å². The summed E-state index contributed by atoms with van der Waals surface area (Å²) in [5, 5.41) is 11.7. The molecule has 7 nitrogen and oxygen atoms in total. The lowest BCUT2D eigenvalue weighted by Crippen LogP contribution is -2.51. The average Bonchev–Trinajstić information content (AvgIpc) is 3.21. The van der Waals surface area contributed by atoms with Crippen LogP contribution in [0.5, 0.6) is 0 Å². The third kappa shape index (κ3) is 3.50. The van der Waals surface area contributed by atoms with Gasteiger partial charge in [0, 0.05) is 17.6 Å². The summed E-state index contributed by atoms with van der Waals surface area (Å²) < 4.78 is 1.81. The third-order valence-corrected chi connectivity index (χ3v) is 6.76. The van der Waals surface area contributed by atoms with E-state index in [4.69, 9.17) is 0 Å². The predicted molar refractivity (Wildman–Crippen MR) is 119 cm³/mol. The van der Waals surface area contributed by atoms with Crippen molar-refractivity contribution in [1.82, 2.24) is 24.9 Å². The number of carbonyl (C=O) groups is 1. The lowest BCUT2D eigenvalue weighted by Gasteiger charge is -2.48. The normalized spacial score (nSPS) is 20.6. The number of aromatic nitrogens is 4. The van der Waals surface area contributed by atoms with Crippen molar-refractivity contribution < 1.29 is 4.79 Å². The average molecular weight is 415 g/mol. The molecule has 1 aliphatic rings. The highest BCUT2D eigenvalue weighted by Crippen LogP contribution is 2.47. The predicted octanol–water partition coefficient (Wildman–Crippen LogP) is 3.49. The van der Waals surface area contributed by atoms with Gasteiger partial charge < -0.3 is 5.32 Å². The molecular formula is C24H25N5O2. The van der Waals surface area contributed by atoms with Gasteiger partial charge in [0.05, 0.1) is 17.3 Å². The molecule has 31 heavy (non-hydrogen) atoms. The highest BCUT2D eigenvalue weighted by Gasteiger charge is 2.43. The number of nitrogens with zero attached hydrogens (tertiary/aromatic N) is 3. The molecule has 1 aliphatic carbocycles. The van der Waals surface area contributed by atoms with Crippen LogP contribution in [0.15, 0.2) is 59.7 Å². The molecule has 0 unspecified atom stereocenters. The number of aromatic amines is 1. The van der Waals surface area contributed by atoms with Crippen molar-refractivity contribution >= 4 is 22.3 Å². The number of benzene rings is 1. The molecule has 2 N–H and O–H groups in total. The van der Waals surface area contributed by atoms with Crippen molar-refractivity contribution in [3.05, 3.63) is 76.6 Å². The first-order chi connectivity index (χ1) is 15.1. The molecule has 4 aromatic rings. The molecule has 3 heterocycles. The monoisotopic (exact) mass is 415 g/mol. The van der Waals surface area contributed by atoms with E-state index in [1.165, 1.54) is 0 Å². The molecule has 3 aromatic heterocycles. The lowest BCUT2D eigenvalue weighted by atomic mass is 9.61. The summed E-state index contributed by atoms with van der Waals surface area (Å²) in [6.45, 7) is 2.21. The van der Waals surface area contributed by atoms with Gasteiger partial charge in [0.25, 0.3) is 11.5 Å². The Hall–Kier alpha value is -3.48. The number of nitrogens with one attached hydrogen (secondary N) is 2. The maximum absolute atomic E-state index is 12.8. The van der Waals surface area contributed by atoms with E-state index < -0.39 is 0 Å². The number of rotatable bonds is 6. The molecule has 0 radical (unpaired) electrons. The maximum Gasteiger partial charge on any atom is 0.272 e. The van der Waals surface area contributed by atoms with Gasteiger partial charge in [-0.25, -0.2) is 10.1 Å². The fourth-order valence-electron chi connectivity index (χ4n) is 4.86. The zero-order valence-electron chi connectivity index (χ0n) is 17.5. The minimum atomic E-state index is -0.150. The second kappa shape index (κ2) is 7.65. The molecule has 0 saturated heterocycles. The van der Waals surface area contributed by atoms with Crippen molar-refractivity contribution in [2.75, 3.05) is 0 Å². The number of amides is 1. The Bertz CT molecular complexity index is 1320. The van der Waals surface area contributed by atoms with E-state index in [1.54, 1.807) is 6.20 Å². The van der Waals surface area contributed by atoms with Crippen LogP contribution in [0.4, 0.5) is 0 Å². The molecule has 1 saturated carbocycles. The Labute approximate surface area is 179 Å². The number of fused-ring (bicyclic) bond motifs is 2. The van der Waals surface area contributed by atoms with Crippen LogP contribution in [-0.2, 0) is 6.42 Å². The van der Waals surface area contributed by atoms with Crippen molar-refractivity contribution in [2.24, 2.45) is 5.41 Å². The molecule has 1 aromatic carbocycles. The minimum absolute atomic E-state index is 0.0818. The largest absolute Gasteiger partial charge is 0.348 e. The van der Waals surface area contributed by atoms with E-state index in [2.05, 4.69) is 27.4 Å². The zero-order chi connectivity index (χ0) is 21.4. The van der Waals surface area contributed by atoms with Crippen LogP contribution in [0.1, 0.15) is 48.8 Å². The Morgan fingerprint density at radius 1 is 1.19 bits per heavy atom. The van der Waals surface area contributed by atoms with Crippen LogP contribution in [-0.4, -0.2) is 31.5 Å². The Kier molecular flexibility index (Phi) is 4.81. The Morgan fingerprint density at radius 2 is 1.97 bits per heavy atom. The van der Waals surface area contributed by atoms with Crippen LogP contribution in [0.25, 0.3) is 16.4 Å². The molecule has 5 rings (SSSR count). The van der Waals surface area contributed by atoms with Crippen LogP contribution in [0, 0.1) is 5.41 Å². The van der Waals surface area contributed by atoms with Crippen molar-refractivity contribution in [2.45, 2.75) is 45.1 Å². The zero-order valence-corrected chi connectivity index (χ0v) is 17.5. The van der Waals surface area contributed by atoms with Crippen LogP contribution < -0.4 is 10.9 Å². The lowest BCUT2D eigenvalue weighted by molar-refractivity contribution is 0.0568. The van der Waals surface area contributed by atoms with Gasteiger partial charge in [-0.3, -0.25) is 14.0 Å². The molecule has 0 bridgehead atoms. The van der Waals surface area contributed by atoms with Crippen LogP contribution in [0.3, 0.4) is 0 Å². The molecule has 7 heteroatoms. The molecule has 158 valence electrons. The summed E-state index contributed by atoms with van der Waals surface area (Å²) in [7, 11) is 0. The second-order valence-electron chi connectivity index (χ2n) is 8.55. The Morgan fingerprint density at radius 3 is 2.77 bits per heavy atom. The first kappa shape index (κ1) is 19.5. The summed E-state index contributed by atoms with van der Waals surface area (Å²) in [5.41, 5.74) is 2.30. The quantitative estimate of drug-likeness (QED) is 0.504. The van der Waals surface area contributed by atoms with Gasteiger partial charge >= 0.3 is 0 Å². The summed E-state index contributed by atoms with van der Waals surface area (Å²) in [6, 6.07) is 13.5. The molecule has 1 amide bonds. The number of hydrogen-bond donors (Lipinski definition) is 2. The third-order valence-electron chi connectivity index (χ3n) is 6.76. The van der Waals surface area contributed by atoms with E-state index in [0.29, 0.717) is 11.1 Å². The van der Waals surface area contributed by atoms with Crippen molar-refractivity contribution in [3.63, 3.8) is 0 Å². The molecular weight excluding hydrogens is 390 g/mol. The minimum Gasteiger partial charge on any atom is -0.348 e. The first-order valence-corrected chi connectivity index (χ1v) is 10.8. The van der Waals surface area contributed by atoms with E-state index in [9.17, 15) is 9.59 Å². The number of H-pyrrole nitrogens is 1. The summed E-state index contributed by atoms with van der Waals surface area (Å²) in [5.74, 6) is -0.0818. The standard InChI is InChI=1S/C24H25N5O2/c1-2-24(11-10-19-17-7-3-4-8-18(17)22(30)28-27-19)13-16(14-24)26-23(31)20-15-25-21-9-5-6-12-29(20)21/h3-9,12,15-16H,2,10-11,13-14H2,1H3,(H,26,31)(H,28,30)/t16-,24-. The fraction of sp³-hybridized carbons (Fsp3) is 0.333. The fourth-order valence-corrected chi connectivity index (χ4v) is 4.86. The van der Waals surface area contributed by atoms with Gasteiger partial charge in [-0.15, -0.1) is 0 Å². The van der Waals surface area contributed by atoms with E-state index in [-0.39, 0.29) is 22.9 Å². The smallest absolute Gasteiger partial charge is 0.272 e. The number of carbonyl (C=O) groups excluding carboxylic acids is 1. The van der Waals surface area contributed by atoms with Gasteiger partial charge in [-0.2, -0.15) is 5.10 Å². The van der Waals surface area contributed by atoms with Gasteiger partial charge in [-0.1, -0.05) is 37.6 Å². The van der Waals surface area contributed by atoms with Gasteiger partial charge in [0.2, 0.25) is 0 Å². The van der Waals surface area contributed by atoms with Crippen LogP contribution >= 0.6 is 0 Å². The molecule has 1 fully saturated rings. The number of hydrogen-bond acceptors (Lipinski definition) is 4. The Balaban J connectivity index is 1.24. The van der Waals surface area contributed by atoms with E-state index in [1.807, 2.05) is 53.1 Å².